The van der Waals surface area contributed by atoms with Crippen molar-refractivity contribution in [2.75, 3.05) is 19.6 Å². The van der Waals surface area contributed by atoms with Crippen molar-refractivity contribution in [3.63, 3.8) is 0 Å². The number of likely N-dealkylation sites (N-methyl/N-ethyl adjacent to an activating group) is 1. The molecule has 3 rings (SSSR count). The Morgan fingerprint density at radius 1 is 1.41 bits per heavy atom. The van der Waals surface area contributed by atoms with Gasteiger partial charge in [-0.05, 0) is 32.0 Å². The topological polar surface area (TPSA) is 61.0 Å². The van der Waals surface area contributed by atoms with E-state index in [0.29, 0.717) is 18.3 Å². The fourth-order valence-corrected chi connectivity index (χ4v) is 3.04. The fraction of sp³-hybridized carbons (Fsp3) is 0.412. The number of likely N-dealkylation sites (tertiary alicyclic amines) is 1. The van der Waals surface area contributed by atoms with Crippen LogP contribution in [0.1, 0.15) is 30.3 Å². The highest BCUT2D eigenvalue weighted by Gasteiger charge is 2.23. The number of nitrogens with zero attached hydrogens (tertiary/aromatic N) is 2. The van der Waals surface area contributed by atoms with Crippen molar-refractivity contribution in [3.8, 4) is 11.3 Å². The number of aromatic amines is 1. The molecule has 0 saturated carbocycles. The Hall–Kier alpha value is -2.14. The first-order valence-corrected chi connectivity index (χ1v) is 7.91. The summed E-state index contributed by atoms with van der Waals surface area (Å²) in [4.78, 5) is 14.7. The van der Waals surface area contributed by atoms with Gasteiger partial charge in [-0.25, -0.2) is 0 Å². The normalized spacial score (nSPS) is 18.5. The van der Waals surface area contributed by atoms with E-state index in [0.717, 1.165) is 30.8 Å². The third-order valence-corrected chi connectivity index (χ3v) is 4.30. The van der Waals surface area contributed by atoms with E-state index in [1.807, 2.05) is 30.3 Å². The minimum absolute atomic E-state index is 0.0855. The predicted octanol–water partition coefficient (Wildman–Crippen LogP) is 2.29. The highest BCUT2D eigenvalue weighted by Crippen LogP contribution is 2.18. The number of benzene rings is 1. The summed E-state index contributed by atoms with van der Waals surface area (Å²) in [6.45, 7) is 5.05. The first-order chi connectivity index (χ1) is 10.8. The molecule has 1 unspecified atom stereocenters. The summed E-state index contributed by atoms with van der Waals surface area (Å²) in [6, 6.07) is 12.1. The Labute approximate surface area is 130 Å². The monoisotopic (exact) mass is 298 g/mol. The van der Waals surface area contributed by atoms with E-state index in [2.05, 4.69) is 27.3 Å². The summed E-state index contributed by atoms with van der Waals surface area (Å²) in [7, 11) is 0. The standard InChI is InChI=1S/C17H22N4O/c1-2-21-10-6-9-14(21)12-18-17(22)16-11-15(19-20-16)13-7-4-3-5-8-13/h3-5,7-8,11,14H,2,6,9-10,12H2,1H3,(H,18,22)(H,19,20). The molecule has 0 aliphatic carbocycles. The van der Waals surface area contributed by atoms with E-state index in [1.165, 1.54) is 6.42 Å². The van der Waals surface area contributed by atoms with Gasteiger partial charge < -0.3 is 5.32 Å². The number of aromatic nitrogens is 2. The van der Waals surface area contributed by atoms with Gasteiger partial charge in [0, 0.05) is 18.2 Å². The molecule has 5 nitrogen and oxygen atoms in total. The quantitative estimate of drug-likeness (QED) is 0.890. The lowest BCUT2D eigenvalue weighted by Gasteiger charge is -2.22. The molecule has 1 aromatic heterocycles. The Kier molecular flexibility index (Phi) is 4.53. The zero-order valence-electron chi connectivity index (χ0n) is 12.9. The van der Waals surface area contributed by atoms with Gasteiger partial charge in [-0.2, -0.15) is 5.10 Å². The number of amides is 1. The second-order valence-electron chi connectivity index (χ2n) is 5.67. The van der Waals surface area contributed by atoms with Crippen LogP contribution in [0.15, 0.2) is 36.4 Å². The molecule has 116 valence electrons. The van der Waals surface area contributed by atoms with Gasteiger partial charge in [0.15, 0.2) is 0 Å². The minimum Gasteiger partial charge on any atom is -0.349 e. The van der Waals surface area contributed by atoms with Gasteiger partial charge in [0.2, 0.25) is 0 Å². The van der Waals surface area contributed by atoms with Crippen molar-refractivity contribution in [2.24, 2.45) is 0 Å². The van der Waals surface area contributed by atoms with Crippen molar-refractivity contribution in [3.05, 3.63) is 42.1 Å². The number of H-pyrrole nitrogens is 1. The molecule has 1 aromatic carbocycles. The average molecular weight is 298 g/mol. The minimum atomic E-state index is -0.0855. The van der Waals surface area contributed by atoms with Crippen LogP contribution in [0.5, 0.6) is 0 Å². The van der Waals surface area contributed by atoms with Crippen LogP contribution in [0.3, 0.4) is 0 Å². The molecule has 0 radical (unpaired) electrons. The van der Waals surface area contributed by atoms with E-state index in [1.54, 1.807) is 6.07 Å². The van der Waals surface area contributed by atoms with Crippen LogP contribution in [0.4, 0.5) is 0 Å². The van der Waals surface area contributed by atoms with Crippen molar-refractivity contribution >= 4 is 5.91 Å². The summed E-state index contributed by atoms with van der Waals surface area (Å²) < 4.78 is 0. The number of carbonyl (C=O) groups is 1. The molecule has 2 aromatic rings. The van der Waals surface area contributed by atoms with Gasteiger partial charge in [0.1, 0.15) is 5.69 Å². The van der Waals surface area contributed by atoms with Gasteiger partial charge in [-0.3, -0.25) is 14.8 Å². The van der Waals surface area contributed by atoms with E-state index >= 15 is 0 Å². The van der Waals surface area contributed by atoms with E-state index in [-0.39, 0.29) is 5.91 Å². The Balaban J connectivity index is 1.60. The van der Waals surface area contributed by atoms with Crippen LogP contribution in [-0.2, 0) is 0 Å². The summed E-state index contributed by atoms with van der Waals surface area (Å²) in [5.41, 5.74) is 2.31. The van der Waals surface area contributed by atoms with Gasteiger partial charge >= 0.3 is 0 Å². The van der Waals surface area contributed by atoms with Gasteiger partial charge in [-0.15, -0.1) is 0 Å². The van der Waals surface area contributed by atoms with Gasteiger partial charge in [0.25, 0.3) is 5.91 Å². The van der Waals surface area contributed by atoms with E-state index in [9.17, 15) is 4.79 Å². The molecular weight excluding hydrogens is 276 g/mol. The second-order valence-corrected chi connectivity index (χ2v) is 5.67. The fourth-order valence-electron chi connectivity index (χ4n) is 3.04. The van der Waals surface area contributed by atoms with Crippen molar-refractivity contribution in [1.29, 1.82) is 0 Å². The lowest BCUT2D eigenvalue weighted by atomic mass is 10.1. The molecule has 2 N–H and O–H groups in total. The lowest BCUT2D eigenvalue weighted by Crippen LogP contribution is -2.40. The van der Waals surface area contributed by atoms with Gasteiger partial charge in [0.05, 0.1) is 5.69 Å². The summed E-state index contributed by atoms with van der Waals surface area (Å²) in [6.07, 6.45) is 2.38. The van der Waals surface area contributed by atoms with E-state index in [4.69, 9.17) is 0 Å². The molecule has 1 aliphatic rings. The molecule has 22 heavy (non-hydrogen) atoms. The van der Waals surface area contributed by atoms with Gasteiger partial charge in [-0.1, -0.05) is 37.3 Å². The molecule has 0 bridgehead atoms. The number of carbonyl (C=O) groups excluding carboxylic acids is 1. The molecule has 1 fully saturated rings. The number of hydrogen-bond donors (Lipinski definition) is 2. The van der Waals surface area contributed by atoms with Crippen LogP contribution in [-0.4, -0.2) is 46.7 Å². The van der Waals surface area contributed by atoms with Crippen molar-refractivity contribution < 1.29 is 4.79 Å². The SMILES string of the molecule is CCN1CCCC1CNC(=O)c1cc(-c2ccccc2)n[nH]1. The number of rotatable bonds is 5. The first kappa shape index (κ1) is 14.8. The van der Waals surface area contributed by atoms with Crippen LogP contribution in [0.25, 0.3) is 11.3 Å². The third kappa shape index (κ3) is 3.20. The maximum absolute atomic E-state index is 12.2. The third-order valence-electron chi connectivity index (χ3n) is 4.30. The molecule has 1 saturated heterocycles. The summed E-state index contributed by atoms with van der Waals surface area (Å²) in [5.74, 6) is -0.0855. The summed E-state index contributed by atoms with van der Waals surface area (Å²) >= 11 is 0. The molecular formula is C17H22N4O. The van der Waals surface area contributed by atoms with Crippen LogP contribution in [0, 0.1) is 0 Å². The Morgan fingerprint density at radius 2 is 2.23 bits per heavy atom. The zero-order valence-corrected chi connectivity index (χ0v) is 12.9. The largest absolute Gasteiger partial charge is 0.349 e. The molecule has 0 spiro atoms. The Bertz CT molecular complexity index is 623. The smallest absolute Gasteiger partial charge is 0.269 e. The summed E-state index contributed by atoms with van der Waals surface area (Å²) in [5, 5.41) is 10.1. The zero-order chi connectivity index (χ0) is 15.4. The second kappa shape index (κ2) is 6.75. The highest BCUT2D eigenvalue weighted by atomic mass is 16.1. The molecule has 2 heterocycles. The average Bonchev–Trinajstić information content (AvgIpc) is 3.22. The maximum atomic E-state index is 12.2. The molecule has 1 amide bonds. The van der Waals surface area contributed by atoms with Crippen molar-refractivity contribution in [1.82, 2.24) is 20.4 Å². The lowest BCUT2D eigenvalue weighted by molar-refractivity contribution is 0.0936. The Morgan fingerprint density at radius 3 is 3.00 bits per heavy atom. The van der Waals surface area contributed by atoms with Crippen molar-refractivity contribution in [2.45, 2.75) is 25.8 Å². The first-order valence-electron chi connectivity index (χ1n) is 7.91. The van der Waals surface area contributed by atoms with Crippen LogP contribution >= 0.6 is 0 Å². The maximum Gasteiger partial charge on any atom is 0.269 e. The number of hydrogen-bond acceptors (Lipinski definition) is 3. The molecule has 1 atom stereocenters. The number of nitrogens with one attached hydrogen (secondary N) is 2. The highest BCUT2D eigenvalue weighted by molar-refractivity contribution is 5.93. The van der Waals surface area contributed by atoms with E-state index < -0.39 is 0 Å². The van der Waals surface area contributed by atoms with Crippen LogP contribution in [0.2, 0.25) is 0 Å². The van der Waals surface area contributed by atoms with Crippen LogP contribution < -0.4 is 5.32 Å². The molecule has 5 heteroatoms. The molecule has 1 aliphatic heterocycles. The predicted molar refractivity (Wildman–Crippen MR) is 86.6 cm³/mol.